The summed E-state index contributed by atoms with van der Waals surface area (Å²) in [6.07, 6.45) is 0.340. The molecular weight excluding hydrogens is 279 g/mol. The average Bonchev–Trinajstić information content (AvgIpc) is 2.78. The Bertz CT molecular complexity index is 621. The summed E-state index contributed by atoms with van der Waals surface area (Å²) in [4.78, 5) is 11.7. The van der Waals surface area contributed by atoms with Gasteiger partial charge in [0.25, 0.3) is 0 Å². The van der Waals surface area contributed by atoms with Gasteiger partial charge in [0.15, 0.2) is 0 Å². The zero-order chi connectivity index (χ0) is 14.8. The first-order chi connectivity index (χ1) is 9.36. The van der Waals surface area contributed by atoms with Crippen molar-refractivity contribution in [2.24, 2.45) is 5.73 Å². The van der Waals surface area contributed by atoms with Gasteiger partial charge in [-0.3, -0.25) is 10.1 Å². The molecule has 0 saturated heterocycles. The van der Waals surface area contributed by atoms with Crippen molar-refractivity contribution in [3.8, 4) is 0 Å². The van der Waals surface area contributed by atoms with Gasteiger partial charge in [0.1, 0.15) is 10.8 Å². The monoisotopic (exact) mass is 294 g/mol. The van der Waals surface area contributed by atoms with Gasteiger partial charge in [-0.2, -0.15) is 0 Å². The van der Waals surface area contributed by atoms with Crippen molar-refractivity contribution in [1.82, 2.24) is 10.2 Å². The fourth-order valence-corrected chi connectivity index (χ4v) is 2.20. The summed E-state index contributed by atoms with van der Waals surface area (Å²) in [6, 6.07) is 6.49. The molecule has 0 aliphatic carbocycles. The number of benzene rings is 1. The van der Waals surface area contributed by atoms with E-state index in [4.69, 9.17) is 5.73 Å². The summed E-state index contributed by atoms with van der Waals surface area (Å²) in [5.41, 5.74) is 5.23. The molecule has 106 valence electrons. The summed E-state index contributed by atoms with van der Waals surface area (Å²) in [5.74, 6) is -0.623. The molecule has 1 aromatic carbocycles. The maximum Gasteiger partial charge on any atom is 0.245 e. The topological polar surface area (TPSA) is 80.9 Å². The van der Waals surface area contributed by atoms with Crippen LogP contribution in [0.3, 0.4) is 0 Å². The molecule has 5 nitrogen and oxygen atoms in total. The van der Waals surface area contributed by atoms with Gasteiger partial charge in [-0.1, -0.05) is 29.5 Å². The number of anilines is 1. The SMILES string of the molecule is CC(C)(N)C(=O)Nc1nnc(Cc2ccccc2F)s1. The number of halogens is 1. The van der Waals surface area contributed by atoms with Crippen LogP contribution in [0.1, 0.15) is 24.4 Å². The number of aromatic nitrogens is 2. The quantitative estimate of drug-likeness (QED) is 0.903. The summed E-state index contributed by atoms with van der Waals surface area (Å²) in [7, 11) is 0. The van der Waals surface area contributed by atoms with E-state index in [2.05, 4.69) is 15.5 Å². The number of hydrogen-bond donors (Lipinski definition) is 2. The van der Waals surface area contributed by atoms with E-state index in [0.29, 0.717) is 22.1 Å². The highest BCUT2D eigenvalue weighted by atomic mass is 32.1. The van der Waals surface area contributed by atoms with Gasteiger partial charge in [0.05, 0.1) is 5.54 Å². The van der Waals surface area contributed by atoms with Crippen molar-refractivity contribution in [2.45, 2.75) is 25.8 Å². The lowest BCUT2D eigenvalue weighted by atomic mass is 10.1. The molecule has 20 heavy (non-hydrogen) atoms. The normalized spacial score (nSPS) is 11.4. The first-order valence-electron chi connectivity index (χ1n) is 6.02. The maximum absolute atomic E-state index is 13.5. The molecule has 2 aromatic rings. The second kappa shape index (κ2) is 5.64. The van der Waals surface area contributed by atoms with Crippen LogP contribution in [0.5, 0.6) is 0 Å². The predicted octanol–water partition coefficient (Wildman–Crippen LogP) is 1.94. The van der Waals surface area contributed by atoms with Gasteiger partial charge in [-0.25, -0.2) is 4.39 Å². The molecule has 0 bridgehead atoms. The third-order valence-electron chi connectivity index (χ3n) is 2.57. The van der Waals surface area contributed by atoms with Crippen molar-refractivity contribution in [1.29, 1.82) is 0 Å². The van der Waals surface area contributed by atoms with Crippen LogP contribution in [0.15, 0.2) is 24.3 Å². The first kappa shape index (κ1) is 14.5. The molecule has 0 unspecified atom stereocenters. The summed E-state index contributed by atoms with van der Waals surface area (Å²) in [5, 5.41) is 11.4. The van der Waals surface area contributed by atoms with Crippen LogP contribution in [-0.2, 0) is 11.2 Å². The molecule has 0 aliphatic rings. The van der Waals surface area contributed by atoms with Crippen molar-refractivity contribution < 1.29 is 9.18 Å². The van der Waals surface area contributed by atoms with E-state index in [1.165, 1.54) is 17.4 Å². The number of amides is 1. The van der Waals surface area contributed by atoms with Crippen molar-refractivity contribution in [3.05, 3.63) is 40.7 Å². The maximum atomic E-state index is 13.5. The summed E-state index contributed by atoms with van der Waals surface area (Å²) in [6.45, 7) is 3.20. The van der Waals surface area contributed by atoms with E-state index in [1.54, 1.807) is 32.0 Å². The van der Waals surface area contributed by atoms with Gasteiger partial charge in [0, 0.05) is 6.42 Å². The van der Waals surface area contributed by atoms with E-state index in [9.17, 15) is 9.18 Å². The third-order valence-corrected chi connectivity index (χ3v) is 3.41. The number of carbonyl (C=O) groups excluding carboxylic acids is 1. The molecule has 7 heteroatoms. The fourth-order valence-electron chi connectivity index (χ4n) is 1.44. The molecular formula is C13H15FN4OS. The Hall–Kier alpha value is -1.86. The van der Waals surface area contributed by atoms with Gasteiger partial charge in [-0.05, 0) is 25.5 Å². The van der Waals surface area contributed by atoms with Gasteiger partial charge < -0.3 is 5.73 Å². The van der Waals surface area contributed by atoms with E-state index in [0.717, 1.165) is 0 Å². The summed E-state index contributed by atoms with van der Waals surface area (Å²) >= 11 is 1.20. The lowest BCUT2D eigenvalue weighted by molar-refractivity contribution is -0.120. The molecule has 0 spiro atoms. The highest BCUT2D eigenvalue weighted by Crippen LogP contribution is 2.20. The van der Waals surface area contributed by atoms with Gasteiger partial charge >= 0.3 is 0 Å². The minimum atomic E-state index is -0.989. The van der Waals surface area contributed by atoms with E-state index >= 15 is 0 Å². The number of nitrogens with two attached hydrogens (primary N) is 1. The molecule has 1 amide bonds. The number of hydrogen-bond acceptors (Lipinski definition) is 5. The predicted molar refractivity (Wildman–Crippen MR) is 76.0 cm³/mol. The van der Waals surface area contributed by atoms with Crippen LogP contribution < -0.4 is 11.1 Å². The molecule has 0 fully saturated rings. The molecule has 3 N–H and O–H groups in total. The largest absolute Gasteiger partial charge is 0.318 e. The Morgan fingerprint density at radius 3 is 2.75 bits per heavy atom. The second-order valence-electron chi connectivity index (χ2n) is 4.94. The van der Waals surface area contributed by atoms with Crippen molar-refractivity contribution in [2.75, 3.05) is 5.32 Å². The van der Waals surface area contributed by atoms with Crippen LogP contribution in [0.25, 0.3) is 0 Å². The zero-order valence-corrected chi connectivity index (χ0v) is 12.0. The molecule has 0 aliphatic heterocycles. The minimum absolute atomic E-state index is 0.281. The highest BCUT2D eigenvalue weighted by molar-refractivity contribution is 7.15. The molecule has 1 aromatic heterocycles. The highest BCUT2D eigenvalue weighted by Gasteiger charge is 2.23. The lowest BCUT2D eigenvalue weighted by Gasteiger charge is -2.15. The Morgan fingerprint density at radius 2 is 2.10 bits per heavy atom. The third kappa shape index (κ3) is 3.58. The smallest absolute Gasteiger partial charge is 0.245 e. The minimum Gasteiger partial charge on any atom is -0.318 e. The molecule has 1 heterocycles. The second-order valence-corrected chi connectivity index (χ2v) is 6.01. The first-order valence-corrected chi connectivity index (χ1v) is 6.84. The Balaban J connectivity index is 2.07. The van der Waals surface area contributed by atoms with E-state index < -0.39 is 5.54 Å². The van der Waals surface area contributed by atoms with E-state index in [-0.39, 0.29) is 11.7 Å². The van der Waals surface area contributed by atoms with Crippen molar-refractivity contribution in [3.63, 3.8) is 0 Å². The number of nitrogens with zero attached hydrogens (tertiary/aromatic N) is 2. The molecule has 0 atom stereocenters. The Labute approximate surface area is 120 Å². The number of rotatable bonds is 4. The molecule has 0 saturated carbocycles. The Morgan fingerprint density at radius 1 is 1.40 bits per heavy atom. The van der Waals surface area contributed by atoms with Crippen LogP contribution >= 0.6 is 11.3 Å². The van der Waals surface area contributed by atoms with Crippen LogP contribution in [0.2, 0.25) is 0 Å². The molecule has 0 radical (unpaired) electrons. The Kier molecular flexibility index (Phi) is 4.10. The van der Waals surface area contributed by atoms with Crippen LogP contribution in [0, 0.1) is 5.82 Å². The van der Waals surface area contributed by atoms with Gasteiger partial charge in [0.2, 0.25) is 11.0 Å². The van der Waals surface area contributed by atoms with Crippen LogP contribution in [-0.4, -0.2) is 21.6 Å². The lowest BCUT2D eigenvalue weighted by Crippen LogP contribution is -2.45. The average molecular weight is 294 g/mol. The zero-order valence-electron chi connectivity index (χ0n) is 11.2. The van der Waals surface area contributed by atoms with E-state index in [1.807, 2.05) is 0 Å². The fraction of sp³-hybridized carbons (Fsp3) is 0.308. The number of carbonyl (C=O) groups is 1. The van der Waals surface area contributed by atoms with Crippen molar-refractivity contribution >= 4 is 22.4 Å². The van der Waals surface area contributed by atoms with Crippen LogP contribution in [0.4, 0.5) is 9.52 Å². The van der Waals surface area contributed by atoms with Gasteiger partial charge in [-0.15, -0.1) is 10.2 Å². The standard InChI is InChI=1S/C13H15FN4OS/c1-13(2,15)11(19)16-12-18-17-10(20-12)7-8-5-3-4-6-9(8)14/h3-6H,7,15H2,1-2H3,(H,16,18,19). The molecule has 2 rings (SSSR count). The summed E-state index contributed by atoms with van der Waals surface area (Å²) < 4.78 is 13.5. The number of nitrogens with one attached hydrogen (secondary N) is 1.